The normalized spacial score (nSPS) is 17.7. The highest BCUT2D eigenvalue weighted by Crippen LogP contribution is 2.29. The van der Waals surface area contributed by atoms with Gasteiger partial charge in [-0.15, -0.1) is 0 Å². The highest BCUT2D eigenvalue weighted by molar-refractivity contribution is 6.27. The monoisotopic (exact) mass is 456 g/mol. The van der Waals surface area contributed by atoms with E-state index in [0.717, 1.165) is 44.5 Å². The number of para-hydroxylation sites is 2. The van der Waals surface area contributed by atoms with E-state index in [1.165, 1.54) is 37.3 Å². The van der Waals surface area contributed by atoms with Gasteiger partial charge < -0.3 is 19.8 Å². The first-order valence-electron chi connectivity index (χ1n) is 11.2. The summed E-state index contributed by atoms with van der Waals surface area (Å²) in [7, 11) is 1.76. The molecule has 2 N–H and O–H groups in total. The second kappa shape index (κ2) is 12.2. The largest absolute Gasteiger partial charge is 0.495 e. The average molecular weight is 457 g/mol. The molecule has 2 aromatic rings. The maximum atomic E-state index is 9.10. The number of rotatable bonds is 5. The smallest absolute Gasteiger partial charge is 0.414 e. The molecule has 1 aromatic heterocycles. The summed E-state index contributed by atoms with van der Waals surface area (Å²) in [5.41, 5.74) is 2.41. The molecule has 0 spiro atoms. The van der Waals surface area contributed by atoms with Gasteiger partial charge in [0.15, 0.2) is 0 Å². The van der Waals surface area contributed by atoms with Crippen molar-refractivity contribution in [2.45, 2.75) is 25.4 Å². The van der Waals surface area contributed by atoms with Crippen molar-refractivity contribution in [1.29, 1.82) is 0 Å². The zero-order valence-electron chi connectivity index (χ0n) is 19.0. The molecule has 0 amide bonds. The molecular formula is C24H32N4O5. The molecule has 1 aromatic carbocycles. The van der Waals surface area contributed by atoms with Crippen molar-refractivity contribution < 1.29 is 24.5 Å². The zero-order valence-corrected chi connectivity index (χ0v) is 19.0. The van der Waals surface area contributed by atoms with Gasteiger partial charge in [-0.1, -0.05) is 18.2 Å². The highest BCUT2D eigenvalue weighted by atomic mass is 16.5. The Labute approximate surface area is 194 Å². The molecule has 0 atom stereocenters. The van der Waals surface area contributed by atoms with E-state index in [4.69, 9.17) is 24.5 Å². The number of likely N-dealkylation sites (tertiary alicyclic amines) is 1. The number of ether oxygens (including phenoxy) is 1. The number of aromatic nitrogens is 1. The summed E-state index contributed by atoms with van der Waals surface area (Å²) in [5, 5.41) is 14.8. The highest BCUT2D eigenvalue weighted by Gasteiger charge is 2.28. The predicted molar refractivity (Wildman–Crippen MR) is 125 cm³/mol. The fourth-order valence-electron chi connectivity index (χ4n) is 4.38. The number of piperazine rings is 1. The number of carboxylic acids is 2. The molecule has 9 nitrogen and oxygen atoms in total. The van der Waals surface area contributed by atoms with E-state index in [1.54, 1.807) is 7.11 Å². The van der Waals surface area contributed by atoms with E-state index >= 15 is 0 Å². The van der Waals surface area contributed by atoms with E-state index in [2.05, 4.69) is 50.0 Å². The molecule has 2 saturated heterocycles. The van der Waals surface area contributed by atoms with Crippen LogP contribution >= 0.6 is 0 Å². The SMILES string of the molecule is COc1ccccc1N1CCN(C2CCN(Cc3ccccn3)CC2)CC1.O=C(O)C(=O)O. The number of carboxylic acid groups (broad SMARTS) is 2. The third kappa shape index (κ3) is 7.16. The number of piperidine rings is 1. The first-order valence-corrected chi connectivity index (χ1v) is 11.2. The number of hydrogen-bond acceptors (Lipinski definition) is 7. The minimum absolute atomic E-state index is 0.727. The summed E-state index contributed by atoms with van der Waals surface area (Å²) >= 11 is 0. The fraction of sp³-hybridized carbons (Fsp3) is 0.458. The first-order chi connectivity index (χ1) is 16.0. The van der Waals surface area contributed by atoms with Crippen LogP contribution in [0.5, 0.6) is 5.75 Å². The van der Waals surface area contributed by atoms with Gasteiger partial charge in [0.05, 0.1) is 18.5 Å². The molecule has 4 rings (SSSR count). The lowest BCUT2D eigenvalue weighted by molar-refractivity contribution is -0.159. The molecule has 2 fully saturated rings. The Morgan fingerprint density at radius 2 is 1.58 bits per heavy atom. The van der Waals surface area contributed by atoms with Crippen LogP contribution in [-0.4, -0.2) is 89.4 Å². The lowest BCUT2D eigenvalue weighted by Crippen LogP contribution is -2.53. The number of aliphatic carboxylic acids is 2. The molecule has 0 aliphatic carbocycles. The molecule has 9 heteroatoms. The molecule has 2 aliphatic heterocycles. The summed E-state index contributed by atoms with van der Waals surface area (Å²) in [5.74, 6) is -2.67. The number of carbonyl (C=O) groups is 2. The van der Waals surface area contributed by atoms with Crippen molar-refractivity contribution in [2.75, 3.05) is 51.3 Å². The number of methoxy groups -OCH3 is 1. The van der Waals surface area contributed by atoms with Gasteiger partial charge >= 0.3 is 11.9 Å². The summed E-state index contributed by atoms with van der Waals surface area (Å²) in [6, 6.07) is 15.3. The van der Waals surface area contributed by atoms with Gasteiger partial charge in [-0.05, 0) is 37.1 Å². The molecule has 178 valence electrons. The molecule has 2 aliphatic rings. The van der Waals surface area contributed by atoms with E-state index in [9.17, 15) is 0 Å². The van der Waals surface area contributed by atoms with E-state index in [0.29, 0.717) is 0 Å². The Bertz CT molecular complexity index is 883. The first kappa shape index (κ1) is 24.5. The summed E-state index contributed by atoms with van der Waals surface area (Å²) in [4.78, 5) is 30.4. The lowest BCUT2D eigenvalue weighted by atomic mass is 10.0. The summed E-state index contributed by atoms with van der Waals surface area (Å²) in [6.07, 6.45) is 4.42. The lowest BCUT2D eigenvalue weighted by Gasteiger charge is -2.43. The number of anilines is 1. The van der Waals surface area contributed by atoms with Gasteiger partial charge in [-0.25, -0.2) is 9.59 Å². The van der Waals surface area contributed by atoms with Crippen LogP contribution in [0.3, 0.4) is 0 Å². The van der Waals surface area contributed by atoms with E-state index in [-0.39, 0.29) is 0 Å². The minimum atomic E-state index is -1.82. The number of benzene rings is 1. The second-order valence-corrected chi connectivity index (χ2v) is 8.13. The Hall–Kier alpha value is -3.17. The molecular weight excluding hydrogens is 424 g/mol. The maximum Gasteiger partial charge on any atom is 0.414 e. The van der Waals surface area contributed by atoms with Crippen LogP contribution in [0.1, 0.15) is 18.5 Å². The van der Waals surface area contributed by atoms with Gasteiger partial charge in [0.2, 0.25) is 0 Å². The van der Waals surface area contributed by atoms with Crippen LogP contribution in [0.4, 0.5) is 5.69 Å². The van der Waals surface area contributed by atoms with Crippen LogP contribution in [0.25, 0.3) is 0 Å². The van der Waals surface area contributed by atoms with Crippen molar-refractivity contribution in [3.63, 3.8) is 0 Å². The molecule has 0 unspecified atom stereocenters. The van der Waals surface area contributed by atoms with E-state index < -0.39 is 11.9 Å². The number of pyridine rings is 1. The van der Waals surface area contributed by atoms with Crippen LogP contribution in [0.15, 0.2) is 48.7 Å². The van der Waals surface area contributed by atoms with E-state index in [1.807, 2.05) is 18.3 Å². The number of nitrogens with zero attached hydrogens (tertiary/aromatic N) is 4. The Balaban J connectivity index is 0.000000454. The standard InChI is InChI=1S/C22H30N4O.C2H2O4/c1-27-22-8-3-2-7-21(22)26-16-14-25(15-17-26)20-9-12-24(13-10-20)18-19-6-4-5-11-23-19;3-1(4)2(5)6/h2-8,11,20H,9-10,12-18H2,1H3;(H,3,4)(H,5,6). The minimum Gasteiger partial charge on any atom is -0.495 e. The van der Waals surface area contributed by atoms with Crippen LogP contribution in [-0.2, 0) is 16.1 Å². The van der Waals surface area contributed by atoms with Gasteiger partial charge in [-0.2, -0.15) is 0 Å². The van der Waals surface area contributed by atoms with Gasteiger partial charge in [0.1, 0.15) is 5.75 Å². The molecule has 3 heterocycles. The fourth-order valence-corrected chi connectivity index (χ4v) is 4.38. The van der Waals surface area contributed by atoms with Gasteiger partial charge in [-0.3, -0.25) is 14.8 Å². The molecule has 0 bridgehead atoms. The average Bonchev–Trinajstić information content (AvgIpc) is 2.85. The Morgan fingerprint density at radius 3 is 2.15 bits per heavy atom. The third-order valence-corrected chi connectivity index (χ3v) is 6.11. The molecule has 0 radical (unpaired) electrons. The van der Waals surface area contributed by atoms with Crippen LogP contribution < -0.4 is 9.64 Å². The van der Waals surface area contributed by atoms with Crippen molar-refractivity contribution in [3.05, 3.63) is 54.4 Å². The second-order valence-electron chi connectivity index (χ2n) is 8.13. The maximum absolute atomic E-state index is 9.10. The van der Waals surface area contributed by atoms with Crippen molar-refractivity contribution >= 4 is 17.6 Å². The summed E-state index contributed by atoms with van der Waals surface area (Å²) < 4.78 is 5.54. The van der Waals surface area contributed by atoms with Crippen molar-refractivity contribution in [3.8, 4) is 5.75 Å². The molecule has 0 saturated carbocycles. The zero-order chi connectivity index (χ0) is 23.6. The van der Waals surface area contributed by atoms with Crippen molar-refractivity contribution in [2.24, 2.45) is 0 Å². The van der Waals surface area contributed by atoms with Gasteiger partial charge in [0.25, 0.3) is 0 Å². The van der Waals surface area contributed by atoms with Crippen molar-refractivity contribution in [1.82, 2.24) is 14.8 Å². The topological polar surface area (TPSA) is 106 Å². The Morgan fingerprint density at radius 1 is 0.939 bits per heavy atom. The Kier molecular flexibility index (Phi) is 9.03. The third-order valence-electron chi connectivity index (χ3n) is 6.11. The number of hydrogen-bond donors (Lipinski definition) is 2. The van der Waals surface area contributed by atoms with Gasteiger partial charge in [0, 0.05) is 58.1 Å². The predicted octanol–water partition coefficient (Wildman–Crippen LogP) is 2.03. The summed E-state index contributed by atoms with van der Waals surface area (Å²) in [6.45, 7) is 7.77. The molecule has 33 heavy (non-hydrogen) atoms. The van der Waals surface area contributed by atoms with Crippen LogP contribution in [0.2, 0.25) is 0 Å². The quantitative estimate of drug-likeness (QED) is 0.654. The van der Waals surface area contributed by atoms with Crippen LogP contribution in [0, 0.1) is 0 Å².